The SMILES string of the molecule is O=S(=O)(O)C(CCF)N1CCNCC1. The van der Waals surface area contributed by atoms with Crippen LogP contribution in [-0.4, -0.2) is 56.1 Å². The predicted molar refractivity (Wildman–Crippen MR) is 50.4 cm³/mol. The Morgan fingerprint density at radius 3 is 2.43 bits per heavy atom. The van der Waals surface area contributed by atoms with Crippen molar-refractivity contribution in [2.75, 3.05) is 32.9 Å². The van der Waals surface area contributed by atoms with Crippen molar-refractivity contribution in [3.05, 3.63) is 0 Å². The highest BCUT2D eigenvalue weighted by molar-refractivity contribution is 7.86. The standard InChI is InChI=1S/C7H15FN2O3S/c8-2-1-7(14(11,12)13)10-5-3-9-4-6-10/h7,9H,1-6H2,(H,11,12,13). The molecule has 0 bridgehead atoms. The Labute approximate surface area is 83.0 Å². The van der Waals surface area contributed by atoms with Gasteiger partial charge in [0.15, 0.2) is 0 Å². The molecule has 1 fully saturated rings. The van der Waals surface area contributed by atoms with E-state index in [9.17, 15) is 12.8 Å². The van der Waals surface area contributed by atoms with Crippen LogP contribution in [0.5, 0.6) is 0 Å². The Balaban J connectivity index is 2.66. The Hall–Kier alpha value is -0.240. The zero-order chi connectivity index (χ0) is 10.6. The maximum absolute atomic E-state index is 12.1. The average molecular weight is 226 g/mol. The summed E-state index contributed by atoms with van der Waals surface area (Å²) >= 11 is 0. The molecule has 1 atom stereocenters. The Kier molecular flexibility index (Phi) is 4.24. The molecule has 0 aromatic carbocycles. The zero-order valence-corrected chi connectivity index (χ0v) is 8.63. The van der Waals surface area contributed by atoms with E-state index in [2.05, 4.69) is 5.32 Å². The van der Waals surface area contributed by atoms with Gasteiger partial charge in [-0.05, 0) is 0 Å². The Morgan fingerprint density at radius 1 is 1.43 bits per heavy atom. The van der Waals surface area contributed by atoms with Gasteiger partial charge in [0.2, 0.25) is 0 Å². The number of hydrogen-bond acceptors (Lipinski definition) is 4. The molecule has 5 nitrogen and oxygen atoms in total. The maximum atomic E-state index is 12.1. The summed E-state index contributed by atoms with van der Waals surface area (Å²) in [6.07, 6.45) is -0.168. The molecule has 0 aromatic rings. The van der Waals surface area contributed by atoms with Crippen LogP contribution in [0.4, 0.5) is 4.39 Å². The first-order valence-electron chi connectivity index (χ1n) is 4.52. The summed E-state index contributed by atoms with van der Waals surface area (Å²) in [5.74, 6) is 0. The molecule has 1 saturated heterocycles. The van der Waals surface area contributed by atoms with E-state index >= 15 is 0 Å². The van der Waals surface area contributed by atoms with Gasteiger partial charge in [-0.15, -0.1) is 0 Å². The third kappa shape index (κ3) is 3.16. The van der Waals surface area contributed by atoms with Gasteiger partial charge in [-0.25, -0.2) is 0 Å². The molecule has 14 heavy (non-hydrogen) atoms. The quantitative estimate of drug-likeness (QED) is 0.630. The van der Waals surface area contributed by atoms with Crippen molar-refractivity contribution in [3.63, 3.8) is 0 Å². The van der Waals surface area contributed by atoms with Crippen LogP contribution in [0.15, 0.2) is 0 Å². The summed E-state index contributed by atoms with van der Waals surface area (Å²) in [5.41, 5.74) is 0. The third-order valence-corrected chi connectivity index (χ3v) is 3.48. The van der Waals surface area contributed by atoms with Crippen LogP contribution in [0.25, 0.3) is 0 Å². The van der Waals surface area contributed by atoms with Crippen molar-refractivity contribution >= 4 is 10.1 Å². The van der Waals surface area contributed by atoms with Gasteiger partial charge in [-0.3, -0.25) is 13.8 Å². The molecule has 1 unspecified atom stereocenters. The summed E-state index contributed by atoms with van der Waals surface area (Å²) < 4.78 is 42.9. The highest BCUT2D eigenvalue weighted by Gasteiger charge is 2.30. The minimum Gasteiger partial charge on any atom is -0.314 e. The van der Waals surface area contributed by atoms with E-state index in [4.69, 9.17) is 4.55 Å². The lowest BCUT2D eigenvalue weighted by Crippen LogP contribution is -2.51. The van der Waals surface area contributed by atoms with Gasteiger partial charge in [0.05, 0.1) is 6.67 Å². The zero-order valence-electron chi connectivity index (χ0n) is 7.82. The molecule has 0 amide bonds. The van der Waals surface area contributed by atoms with Crippen LogP contribution < -0.4 is 5.32 Å². The van der Waals surface area contributed by atoms with Gasteiger partial charge in [0.1, 0.15) is 5.37 Å². The number of nitrogens with one attached hydrogen (secondary N) is 1. The molecular weight excluding hydrogens is 211 g/mol. The van der Waals surface area contributed by atoms with Crippen molar-refractivity contribution in [2.24, 2.45) is 0 Å². The van der Waals surface area contributed by atoms with E-state index in [0.29, 0.717) is 26.2 Å². The van der Waals surface area contributed by atoms with Crippen molar-refractivity contribution in [3.8, 4) is 0 Å². The lowest BCUT2D eigenvalue weighted by molar-refractivity contribution is 0.195. The summed E-state index contributed by atoms with van der Waals surface area (Å²) in [5, 5.41) is 1.96. The molecule has 1 heterocycles. The normalized spacial score (nSPS) is 22.1. The van der Waals surface area contributed by atoms with E-state index in [1.807, 2.05) is 0 Å². The molecule has 0 saturated carbocycles. The van der Waals surface area contributed by atoms with E-state index in [1.54, 1.807) is 4.90 Å². The fraction of sp³-hybridized carbons (Fsp3) is 1.00. The first-order valence-corrected chi connectivity index (χ1v) is 6.03. The molecule has 84 valence electrons. The monoisotopic (exact) mass is 226 g/mol. The van der Waals surface area contributed by atoms with E-state index in [-0.39, 0.29) is 6.42 Å². The Morgan fingerprint density at radius 2 is 2.00 bits per heavy atom. The summed E-state index contributed by atoms with van der Waals surface area (Å²) in [6.45, 7) is 1.62. The summed E-state index contributed by atoms with van der Waals surface area (Å²) in [4.78, 5) is 1.59. The minimum absolute atomic E-state index is 0.168. The second-order valence-corrected chi connectivity index (χ2v) is 4.81. The Bertz CT molecular complexity index is 264. The number of rotatable bonds is 4. The van der Waals surface area contributed by atoms with E-state index in [0.717, 1.165) is 0 Å². The van der Waals surface area contributed by atoms with E-state index < -0.39 is 22.2 Å². The number of piperazine rings is 1. The number of alkyl halides is 1. The molecule has 1 rings (SSSR count). The largest absolute Gasteiger partial charge is 0.314 e. The van der Waals surface area contributed by atoms with Gasteiger partial charge in [-0.1, -0.05) is 0 Å². The molecule has 0 aromatic heterocycles. The van der Waals surface area contributed by atoms with Crippen LogP contribution in [0.3, 0.4) is 0 Å². The third-order valence-electron chi connectivity index (χ3n) is 2.26. The number of halogens is 1. The van der Waals surface area contributed by atoms with Gasteiger partial charge in [0, 0.05) is 32.6 Å². The van der Waals surface area contributed by atoms with Crippen molar-refractivity contribution in [2.45, 2.75) is 11.8 Å². The minimum atomic E-state index is -4.17. The van der Waals surface area contributed by atoms with Crippen LogP contribution in [0.1, 0.15) is 6.42 Å². The molecule has 7 heteroatoms. The number of hydrogen-bond donors (Lipinski definition) is 2. The summed E-state index contributed by atoms with van der Waals surface area (Å²) in [7, 11) is -4.17. The van der Waals surface area contributed by atoms with Crippen LogP contribution >= 0.6 is 0 Å². The maximum Gasteiger partial charge on any atom is 0.281 e. The van der Waals surface area contributed by atoms with Crippen molar-refractivity contribution in [1.82, 2.24) is 10.2 Å². The average Bonchev–Trinajstić information content (AvgIpc) is 2.14. The molecule has 0 spiro atoms. The molecule has 0 aliphatic carbocycles. The van der Waals surface area contributed by atoms with Gasteiger partial charge in [0.25, 0.3) is 10.1 Å². The lowest BCUT2D eigenvalue weighted by atomic mass is 10.3. The molecule has 1 aliphatic heterocycles. The molecule has 0 radical (unpaired) electrons. The summed E-state index contributed by atoms with van der Waals surface area (Å²) in [6, 6.07) is 0. The highest BCUT2D eigenvalue weighted by Crippen LogP contribution is 2.11. The van der Waals surface area contributed by atoms with E-state index in [1.165, 1.54) is 0 Å². The highest BCUT2D eigenvalue weighted by atomic mass is 32.2. The van der Waals surface area contributed by atoms with Crippen LogP contribution in [0, 0.1) is 0 Å². The fourth-order valence-corrected chi connectivity index (χ4v) is 2.56. The molecule has 2 N–H and O–H groups in total. The smallest absolute Gasteiger partial charge is 0.281 e. The second kappa shape index (κ2) is 5.01. The molecule has 1 aliphatic rings. The second-order valence-electron chi connectivity index (χ2n) is 3.23. The fourth-order valence-electron chi connectivity index (χ4n) is 1.58. The first kappa shape index (κ1) is 11.8. The van der Waals surface area contributed by atoms with Crippen LogP contribution in [0.2, 0.25) is 0 Å². The first-order chi connectivity index (χ1) is 6.55. The van der Waals surface area contributed by atoms with Crippen molar-refractivity contribution < 1.29 is 17.4 Å². The van der Waals surface area contributed by atoms with Gasteiger partial charge in [-0.2, -0.15) is 8.42 Å². The number of nitrogens with zero attached hydrogens (tertiary/aromatic N) is 1. The van der Waals surface area contributed by atoms with Crippen LogP contribution in [-0.2, 0) is 10.1 Å². The predicted octanol–water partition coefficient (Wildman–Crippen LogP) is -0.535. The lowest BCUT2D eigenvalue weighted by Gasteiger charge is -2.32. The van der Waals surface area contributed by atoms with Crippen molar-refractivity contribution in [1.29, 1.82) is 0 Å². The molecular formula is C7H15FN2O3S. The van der Waals surface area contributed by atoms with Gasteiger partial charge < -0.3 is 5.32 Å². The van der Waals surface area contributed by atoms with Gasteiger partial charge >= 0.3 is 0 Å². The topological polar surface area (TPSA) is 69.6 Å².